The van der Waals surface area contributed by atoms with Gasteiger partial charge in [-0.2, -0.15) is 0 Å². The zero-order valence-electron chi connectivity index (χ0n) is 17.7. The van der Waals surface area contributed by atoms with Crippen molar-refractivity contribution in [3.63, 3.8) is 0 Å². The largest absolute Gasteiger partial charge is 0.495 e. The Morgan fingerprint density at radius 3 is 2.77 bits per heavy atom. The molecule has 1 fully saturated rings. The Morgan fingerprint density at radius 1 is 1.19 bits per heavy atom. The molecular weight excluding hydrogens is 392 g/mol. The number of fused-ring (bicyclic) bond motifs is 1. The highest BCUT2D eigenvalue weighted by Gasteiger charge is 2.22. The van der Waals surface area contributed by atoms with Gasteiger partial charge in [-0.15, -0.1) is 0 Å². The Hall–Kier alpha value is -3.16. The first-order chi connectivity index (χ1) is 15.2. The lowest BCUT2D eigenvalue weighted by atomic mass is 10.0. The van der Waals surface area contributed by atoms with E-state index in [1.807, 2.05) is 48.5 Å². The number of methoxy groups -OCH3 is 1. The van der Waals surface area contributed by atoms with Crippen LogP contribution in [0.1, 0.15) is 18.4 Å². The topological polar surface area (TPSA) is 86.7 Å². The van der Waals surface area contributed by atoms with Gasteiger partial charge in [0.1, 0.15) is 5.75 Å². The molecule has 7 heteroatoms. The number of amides is 1. The van der Waals surface area contributed by atoms with Gasteiger partial charge in [-0.3, -0.25) is 14.7 Å². The average Bonchev–Trinajstić information content (AvgIpc) is 2.80. The molecular formula is C24H28N4O3. The SMILES string of the molecule is COc1cccc(CO)c1NC1CCN(CC(=O)Nc2cnc3ccccc3c2)CC1. The van der Waals surface area contributed by atoms with Crippen LogP contribution in [-0.4, -0.2) is 53.7 Å². The van der Waals surface area contributed by atoms with Crippen LogP contribution in [0.25, 0.3) is 10.9 Å². The lowest BCUT2D eigenvalue weighted by Crippen LogP contribution is -2.42. The summed E-state index contributed by atoms with van der Waals surface area (Å²) in [6.45, 7) is 1.97. The summed E-state index contributed by atoms with van der Waals surface area (Å²) in [7, 11) is 1.63. The monoisotopic (exact) mass is 420 g/mol. The molecule has 1 aliphatic rings. The normalized spacial score (nSPS) is 15.0. The molecule has 0 radical (unpaired) electrons. The number of carbonyl (C=O) groups is 1. The second kappa shape index (κ2) is 9.76. The van der Waals surface area contributed by atoms with Gasteiger partial charge in [0.15, 0.2) is 0 Å². The smallest absolute Gasteiger partial charge is 0.238 e. The van der Waals surface area contributed by atoms with Crippen molar-refractivity contribution in [1.82, 2.24) is 9.88 Å². The molecule has 3 N–H and O–H groups in total. The summed E-state index contributed by atoms with van der Waals surface area (Å²) in [5, 5.41) is 17.1. The van der Waals surface area contributed by atoms with Crippen LogP contribution < -0.4 is 15.4 Å². The van der Waals surface area contributed by atoms with Crippen molar-refractivity contribution in [3.05, 3.63) is 60.3 Å². The summed E-state index contributed by atoms with van der Waals surface area (Å²) in [6, 6.07) is 15.7. The molecule has 4 rings (SSSR count). The fourth-order valence-electron chi connectivity index (χ4n) is 4.02. The lowest BCUT2D eigenvalue weighted by molar-refractivity contribution is -0.117. The van der Waals surface area contributed by atoms with Crippen molar-refractivity contribution in [2.75, 3.05) is 37.4 Å². The Kier molecular flexibility index (Phi) is 6.64. The predicted octanol–water partition coefficient (Wildman–Crippen LogP) is 3.25. The van der Waals surface area contributed by atoms with Gasteiger partial charge in [-0.1, -0.05) is 30.3 Å². The fraction of sp³-hybridized carbons (Fsp3) is 0.333. The number of nitrogens with one attached hydrogen (secondary N) is 2. The van der Waals surface area contributed by atoms with E-state index in [-0.39, 0.29) is 18.6 Å². The molecule has 162 valence electrons. The zero-order chi connectivity index (χ0) is 21.6. The summed E-state index contributed by atoms with van der Waals surface area (Å²) in [5.41, 5.74) is 3.31. The maximum absolute atomic E-state index is 12.5. The molecule has 0 aliphatic carbocycles. The van der Waals surface area contributed by atoms with E-state index < -0.39 is 0 Å². The quantitative estimate of drug-likeness (QED) is 0.544. The fourth-order valence-corrected chi connectivity index (χ4v) is 4.02. The van der Waals surface area contributed by atoms with E-state index in [0.29, 0.717) is 12.2 Å². The molecule has 2 heterocycles. The number of aromatic nitrogens is 1. The molecule has 7 nitrogen and oxygen atoms in total. The summed E-state index contributed by atoms with van der Waals surface area (Å²) < 4.78 is 5.44. The van der Waals surface area contributed by atoms with Crippen LogP contribution >= 0.6 is 0 Å². The number of ether oxygens (including phenoxy) is 1. The molecule has 1 saturated heterocycles. The summed E-state index contributed by atoms with van der Waals surface area (Å²) in [5.74, 6) is 0.702. The van der Waals surface area contributed by atoms with Crippen LogP contribution in [0.3, 0.4) is 0 Å². The van der Waals surface area contributed by atoms with Gasteiger partial charge < -0.3 is 20.5 Å². The number of hydrogen-bond acceptors (Lipinski definition) is 6. The number of para-hydroxylation sites is 2. The van der Waals surface area contributed by atoms with Crippen molar-refractivity contribution in [1.29, 1.82) is 0 Å². The van der Waals surface area contributed by atoms with E-state index in [1.165, 1.54) is 0 Å². The van der Waals surface area contributed by atoms with E-state index >= 15 is 0 Å². The number of piperidine rings is 1. The number of nitrogens with zero attached hydrogens (tertiary/aromatic N) is 2. The minimum absolute atomic E-state index is 0.0317. The molecule has 1 aliphatic heterocycles. The first-order valence-electron chi connectivity index (χ1n) is 10.6. The average molecular weight is 421 g/mol. The van der Waals surface area contributed by atoms with Crippen LogP contribution in [0, 0.1) is 0 Å². The molecule has 3 aromatic rings. The van der Waals surface area contributed by atoms with Crippen LogP contribution in [-0.2, 0) is 11.4 Å². The second-order valence-electron chi connectivity index (χ2n) is 7.81. The molecule has 1 aromatic heterocycles. The summed E-state index contributed by atoms with van der Waals surface area (Å²) >= 11 is 0. The maximum atomic E-state index is 12.5. The lowest BCUT2D eigenvalue weighted by Gasteiger charge is -2.33. The van der Waals surface area contributed by atoms with Crippen LogP contribution in [0.4, 0.5) is 11.4 Å². The molecule has 0 atom stereocenters. The molecule has 0 spiro atoms. The standard InChI is InChI=1S/C24H28N4O3/c1-31-22-8-4-6-18(16-29)24(22)27-19-9-11-28(12-10-19)15-23(30)26-20-13-17-5-2-3-7-21(17)25-14-20/h2-8,13-14,19,27,29H,9-12,15-16H2,1H3,(H,26,30). The van der Waals surface area contributed by atoms with Gasteiger partial charge in [0, 0.05) is 30.1 Å². The number of likely N-dealkylation sites (tertiary alicyclic amines) is 1. The zero-order valence-corrected chi connectivity index (χ0v) is 17.7. The minimum atomic E-state index is -0.0395. The van der Waals surface area contributed by atoms with Gasteiger partial charge in [0.25, 0.3) is 0 Å². The highest BCUT2D eigenvalue weighted by molar-refractivity contribution is 5.94. The first kappa shape index (κ1) is 21.1. The molecule has 0 unspecified atom stereocenters. The van der Waals surface area contributed by atoms with Crippen molar-refractivity contribution in [3.8, 4) is 5.75 Å². The van der Waals surface area contributed by atoms with Gasteiger partial charge in [0.05, 0.1) is 43.3 Å². The highest BCUT2D eigenvalue weighted by atomic mass is 16.5. The number of aliphatic hydroxyl groups is 1. The Labute approximate surface area is 182 Å². The summed E-state index contributed by atoms with van der Waals surface area (Å²) in [4.78, 5) is 19.1. The van der Waals surface area contributed by atoms with Gasteiger partial charge >= 0.3 is 0 Å². The number of pyridine rings is 1. The first-order valence-corrected chi connectivity index (χ1v) is 10.6. The third-order valence-corrected chi connectivity index (χ3v) is 5.68. The number of hydrogen-bond donors (Lipinski definition) is 3. The van der Waals surface area contributed by atoms with Crippen molar-refractivity contribution in [2.24, 2.45) is 0 Å². The number of rotatable bonds is 7. The van der Waals surface area contributed by atoms with Crippen LogP contribution in [0.15, 0.2) is 54.7 Å². The Bertz CT molecular complexity index is 1030. The Morgan fingerprint density at radius 2 is 2.00 bits per heavy atom. The van der Waals surface area contributed by atoms with Crippen molar-refractivity contribution >= 4 is 28.2 Å². The van der Waals surface area contributed by atoms with E-state index in [2.05, 4.69) is 20.5 Å². The third kappa shape index (κ3) is 5.13. The van der Waals surface area contributed by atoms with Crippen LogP contribution in [0.5, 0.6) is 5.75 Å². The number of anilines is 2. The third-order valence-electron chi connectivity index (χ3n) is 5.68. The van der Waals surface area contributed by atoms with Gasteiger partial charge in [-0.25, -0.2) is 0 Å². The van der Waals surface area contributed by atoms with Crippen molar-refractivity contribution < 1.29 is 14.6 Å². The van der Waals surface area contributed by atoms with Gasteiger partial charge in [-0.05, 0) is 31.0 Å². The second-order valence-corrected chi connectivity index (χ2v) is 7.81. The van der Waals surface area contributed by atoms with E-state index in [4.69, 9.17) is 4.74 Å². The number of benzene rings is 2. The molecule has 31 heavy (non-hydrogen) atoms. The highest BCUT2D eigenvalue weighted by Crippen LogP contribution is 2.30. The van der Waals surface area contributed by atoms with E-state index in [9.17, 15) is 9.90 Å². The summed E-state index contributed by atoms with van der Waals surface area (Å²) in [6.07, 6.45) is 3.52. The number of aliphatic hydroxyl groups excluding tert-OH is 1. The Balaban J connectivity index is 1.29. The van der Waals surface area contributed by atoms with Crippen molar-refractivity contribution in [2.45, 2.75) is 25.5 Å². The van der Waals surface area contributed by atoms with Gasteiger partial charge in [0.2, 0.25) is 5.91 Å². The van der Waals surface area contributed by atoms with Crippen LogP contribution in [0.2, 0.25) is 0 Å². The molecule has 0 saturated carbocycles. The van der Waals surface area contributed by atoms with E-state index in [0.717, 1.165) is 53.8 Å². The number of carbonyl (C=O) groups excluding carboxylic acids is 1. The molecule has 1 amide bonds. The molecule has 2 aromatic carbocycles. The van der Waals surface area contributed by atoms with E-state index in [1.54, 1.807) is 13.3 Å². The predicted molar refractivity (Wildman–Crippen MR) is 122 cm³/mol. The maximum Gasteiger partial charge on any atom is 0.238 e. The molecule has 0 bridgehead atoms. The minimum Gasteiger partial charge on any atom is -0.495 e.